The van der Waals surface area contributed by atoms with Crippen molar-refractivity contribution in [2.75, 3.05) is 0 Å². The number of benzene rings is 1. The van der Waals surface area contributed by atoms with E-state index in [0.717, 1.165) is 10.0 Å². The van der Waals surface area contributed by atoms with Crippen LogP contribution in [0.1, 0.15) is 23.0 Å². The van der Waals surface area contributed by atoms with Gasteiger partial charge >= 0.3 is 0 Å². The molecule has 19 heavy (non-hydrogen) atoms. The number of rotatable bonds is 3. The van der Waals surface area contributed by atoms with Gasteiger partial charge in [-0.3, -0.25) is 9.78 Å². The third-order valence-electron chi connectivity index (χ3n) is 2.36. The highest BCUT2D eigenvalue weighted by molar-refractivity contribution is 9.10. The summed E-state index contributed by atoms with van der Waals surface area (Å²) >= 11 is 3.39. The molecule has 0 aliphatic heterocycles. The molecule has 0 unspecified atom stereocenters. The van der Waals surface area contributed by atoms with Crippen LogP contribution in [-0.2, 0) is 0 Å². The lowest BCUT2D eigenvalue weighted by Crippen LogP contribution is -2.20. The lowest BCUT2D eigenvalue weighted by atomic mass is 10.1. The van der Waals surface area contributed by atoms with Gasteiger partial charge in [-0.15, -0.1) is 0 Å². The Kier molecular flexibility index (Phi) is 4.35. The molecule has 1 N–H and O–H groups in total. The molecule has 2 rings (SSSR count). The van der Waals surface area contributed by atoms with E-state index in [-0.39, 0.29) is 11.6 Å². The van der Waals surface area contributed by atoms with Gasteiger partial charge in [0.05, 0.1) is 11.9 Å². The number of nitrogens with zero attached hydrogens (tertiary/aromatic N) is 3. The molecule has 6 heteroatoms. The molecular weight excluding hydrogens is 308 g/mol. The SMILES string of the molecule is C/C(=N/NC(=O)c1cnccn1)c1cccc(Br)c1. The molecule has 1 amide bonds. The zero-order valence-corrected chi connectivity index (χ0v) is 11.8. The van der Waals surface area contributed by atoms with Crippen molar-refractivity contribution in [3.8, 4) is 0 Å². The molecule has 1 heterocycles. The van der Waals surface area contributed by atoms with Gasteiger partial charge in [0.1, 0.15) is 5.69 Å². The Hall–Kier alpha value is -2.08. The largest absolute Gasteiger partial charge is 0.291 e. The number of hydrogen-bond donors (Lipinski definition) is 1. The maximum atomic E-state index is 11.7. The number of amides is 1. The molecule has 1 aromatic heterocycles. The van der Waals surface area contributed by atoms with Crippen molar-refractivity contribution >= 4 is 27.5 Å². The van der Waals surface area contributed by atoms with Gasteiger partial charge in [-0.25, -0.2) is 10.4 Å². The van der Waals surface area contributed by atoms with Crippen molar-refractivity contribution in [3.05, 3.63) is 58.6 Å². The normalized spacial score (nSPS) is 11.2. The summed E-state index contributed by atoms with van der Waals surface area (Å²) in [6.07, 6.45) is 4.35. The van der Waals surface area contributed by atoms with Gasteiger partial charge in [-0.1, -0.05) is 28.1 Å². The Labute approximate surface area is 118 Å². The highest BCUT2D eigenvalue weighted by Gasteiger charge is 2.05. The van der Waals surface area contributed by atoms with E-state index in [0.29, 0.717) is 5.71 Å². The third-order valence-corrected chi connectivity index (χ3v) is 2.86. The quantitative estimate of drug-likeness (QED) is 0.698. The maximum Gasteiger partial charge on any atom is 0.291 e. The molecule has 0 saturated heterocycles. The van der Waals surface area contributed by atoms with Gasteiger partial charge in [0, 0.05) is 16.9 Å². The summed E-state index contributed by atoms with van der Waals surface area (Å²) < 4.78 is 0.958. The van der Waals surface area contributed by atoms with Gasteiger partial charge in [0.2, 0.25) is 0 Å². The number of hydrogen-bond acceptors (Lipinski definition) is 4. The van der Waals surface area contributed by atoms with Crippen molar-refractivity contribution < 1.29 is 4.79 Å². The fraction of sp³-hybridized carbons (Fsp3) is 0.0769. The standard InChI is InChI=1S/C13H11BrN4O/c1-9(10-3-2-4-11(14)7-10)17-18-13(19)12-8-15-5-6-16-12/h2-8H,1H3,(H,18,19)/b17-9-. The second-order valence-corrected chi connectivity index (χ2v) is 4.65. The molecule has 0 aliphatic carbocycles. The Balaban J connectivity index is 2.09. The highest BCUT2D eigenvalue weighted by atomic mass is 79.9. The minimum Gasteiger partial charge on any atom is -0.265 e. The van der Waals surface area contributed by atoms with Crippen molar-refractivity contribution in [3.63, 3.8) is 0 Å². The van der Waals surface area contributed by atoms with E-state index in [1.165, 1.54) is 18.6 Å². The molecule has 2 aromatic rings. The molecule has 96 valence electrons. The lowest BCUT2D eigenvalue weighted by molar-refractivity contribution is 0.0949. The van der Waals surface area contributed by atoms with Gasteiger partial charge in [0.25, 0.3) is 5.91 Å². The zero-order chi connectivity index (χ0) is 13.7. The van der Waals surface area contributed by atoms with Gasteiger partial charge in [0.15, 0.2) is 0 Å². The Morgan fingerprint density at radius 2 is 2.21 bits per heavy atom. The molecule has 1 aromatic carbocycles. The first-order valence-corrected chi connectivity index (χ1v) is 6.32. The molecule has 0 spiro atoms. The fourth-order valence-electron chi connectivity index (χ4n) is 1.39. The first-order valence-electron chi connectivity index (χ1n) is 5.53. The van der Waals surface area contributed by atoms with Crippen LogP contribution < -0.4 is 5.43 Å². The summed E-state index contributed by atoms with van der Waals surface area (Å²) in [7, 11) is 0. The molecule has 0 radical (unpaired) electrons. The van der Waals surface area contributed by atoms with Crippen LogP contribution >= 0.6 is 15.9 Å². The lowest BCUT2D eigenvalue weighted by Gasteiger charge is -2.02. The van der Waals surface area contributed by atoms with Crippen LogP contribution in [-0.4, -0.2) is 21.6 Å². The molecule has 0 saturated carbocycles. The third kappa shape index (κ3) is 3.69. The summed E-state index contributed by atoms with van der Waals surface area (Å²) in [6.45, 7) is 1.82. The number of aromatic nitrogens is 2. The topological polar surface area (TPSA) is 67.2 Å². The average Bonchev–Trinajstić information content (AvgIpc) is 2.45. The van der Waals surface area contributed by atoms with Crippen LogP contribution in [0.25, 0.3) is 0 Å². The summed E-state index contributed by atoms with van der Waals surface area (Å²) in [5.74, 6) is -0.387. The summed E-state index contributed by atoms with van der Waals surface area (Å²) in [5, 5.41) is 4.04. The molecular formula is C13H11BrN4O. The second-order valence-electron chi connectivity index (χ2n) is 3.74. The van der Waals surface area contributed by atoms with Crippen molar-refractivity contribution in [2.24, 2.45) is 5.10 Å². The number of carbonyl (C=O) groups is 1. The van der Waals surface area contributed by atoms with Gasteiger partial charge in [-0.2, -0.15) is 5.10 Å². The van der Waals surface area contributed by atoms with E-state index < -0.39 is 0 Å². The Morgan fingerprint density at radius 3 is 2.89 bits per heavy atom. The van der Waals surface area contributed by atoms with Crippen molar-refractivity contribution in [2.45, 2.75) is 6.92 Å². The fourth-order valence-corrected chi connectivity index (χ4v) is 1.79. The van der Waals surface area contributed by atoms with Crippen LogP contribution in [0.2, 0.25) is 0 Å². The van der Waals surface area contributed by atoms with Crippen LogP contribution in [0.4, 0.5) is 0 Å². The monoisotopic (exact) mass is 318 g/mol. The first kappa shape index (κ1) is 13.4. The molecule has 0 bridgehead atoms. The van der Waals surface area contributed by atoms with Crippen LogP contribution in [0.3, 0.4) is 0 Å². The van der Waals surface area contributed by atoms with E-state index >= 15 is 0 Å². The molecule has 5 nitrogen and oxygen atoms in total. The first-order chi connectivity index (χ1) is 9.16. The summed E-state index contributed by atoms with van der Waals surface area (Å²) in [5.41, 5.74) is 4.31. The van der Waals surface area contributed by atoms with Gasteiger partial charge < -0.3 is 0 Å². The van der Waals surface area contributed by atoms with Gasteiger partial charge in [-0.05, 0) is 24.6 Å². The summed E-state index contributed by atoms with van der Waals surface area (Å²) in [6, 6.07) is 7.67. The van der Waals surface area contributed by atoms with E-state index in [2.05, 4.69) is 36.4 Å². The van der Waals surface area contributed by atoms with Crippen LogP contribution in [0.15, 0.2) is 52.4 Å². The molecule has 0 fully saturated rings. The molecule has 0 aliphatic rings. The second kappa shape index (κ2) is 6.19. The smallest absolute Gasteiger partial charge is 0.265 e. The van der Waals surface area contributed by atoms with Crippen molar-refractivity contribution in [1.82, 2.24) is 15.4 Å². The Bertz CT molecular complexity index is 613. The van der Waals surface area contributed by atoms with Crippen LogP contribution in [0.5, 0.6) is 0 Å². The minimum absolute atomic E-state index is 0.230. The Morgan fingerprint density at radius 1 is 1.37 bits per heavy atom. The van der Waals surface area contributed by atoms with Crippen LogP contribution in [0, 0.1) is 0 Å². The van der Waals surface area contributed by atoms with Crippen molar-refractivity contribution in [1.29, 1.82) is 0 Å². The van der Waals surface area contributed by atoms with E-state index in [9.17, 15) is 4.79 Å². The summed E-state index contributed by atoms with van der Waals surface area (Å²) in [4.78, 5) is 19.4. The van der Waals surface area contributed by atoms with E-state index in [1.54, 1.807) is 0 Å². The average molecular weight is 319 g/mol. The predicted octanol–water partition coefficient (Wildman–Crippen LogP) is 2.39. The zero-order valence-electron chi connectivity index (χ0n) is 10.2. The predicted molar refractivity (Wildman–Crippen MR) is 75.9 cm³/mol. The maximum absolute atomic E-state index is 11.7. The van der Waals surface area contributed by atoms with E-state index in [4.69, 9.17) is 0 Å². The number of halogens is 1. The number of hydrazone groups is 1. The highest BCUT2D eigenvalue weighted by Crippen LogP contribution is 2.12. The minimum atomic E-state index is -0.387. The number of carbonyl (C=O) groups excluding carboxylic acids is 1. The molecule has 0 atom stereocenters. The number of nitrogens with one attached hydrogen (secondary N) is 1. The van der Waals surface area contributed by atoms with E-state index in [1.807, 2.05) is 31.2 Å².